The van der Waals surface area contributed by atoms with Crippen LogP contribution in [-0.2, 0) is 6.54 Å². The van der Waals surface area contributed by atoms with E-state index in [0.29, 0.717) is 18.5 Å². The van der Waals surface area contributed by atoms with Crippen molar-refractivity contribution in [1.82, 2.24) is 9.88 Å². The molecule has 1 aliphatic carbocycles. The van der Waals surface area contributed by atoms with E-state index in [9.17, 15) is 4.79 Å². The Hall–Kier alpha value is -1.57. The lowest BCUT2D eigenvalue weighted by atomic mass is 10.0. The number of fused-ring (bicyclic) bond motifs is 1. The van der Waals surface area contributed by atoms with Crippen molar-refractivity contribution < 1.29 is 4.79 Å². The molecule has 2 aromatic rings. The predicted molar refractivity (Wildman–Crippen MR) is 104 cm³/mol. The van der Waals surface area contributed by atoms with E-state index < -0.39 is 0 Å². The number of aromatic nitrogens is 1. The number of nitrogens with zero attached hydrogens (tertiary/aromatic N) is 2. The number of nitrogens with two attached hydrogens (primary N) is 1. The molecule has 0 bridgehead atoms. The van der Waals surface area contributed by atoms with Gasteiger partial charge in [-0.2, -0.15) is 0 Å². The highest BCUT2D eigenvalue weighted by Gasteiger charge is 2.39. The molecule has 5 nitrogen and oxygen atoms in total. The molecule has 1 saturated carbocycles. The van der Waals surface area contributed by atoms with Gasteiger partial charge < -0.3 is 10.2 Å². The number of hydrogen-bond donors (Lipinski definition) is 2. The number of amides is 1. The lowest BCUT2D eigenvalue weighted by Crippen LogP contribution is -2.34. The number of carbonyl (C=O) groups excluding carboxylic acids is 1. The van der Waals surface area contributed by atoms with Crippen LogP contribution in [-0.4, -0.2) is 28.9 Å². The maximum absolute atomic E-state index is 13.0. The second kappa shape index (κ2) is 6.30. The molecule has 7 heteroatoms. The summed E-state index contributed by atoms with van der Waals surface area (Å²) in [6.45, 7) is 4.87. The number of aryl methyl sites for hydroxylation is 1. The van der Waals surface area contributed by atoms with Crippen molar-refractivity contribution in [2.24, 2.45) is 11.1 Å². The number of carbonyl (C=O) groups is 1. The minimum absolute atomic E-state index is 0.130. The van der Waals surface area contributed by atoms with Gasteiger partial charge in [0, 0.05) is 24.5 Å². The van der Waals surface area contributed by atoms with Crippen molar-refractivity contribution in [1.29, 1.82) is 0 Å². The summed E-state index contributed by atoms with van der Waals surface area (Å²) in [5.74, 6) is 0.791. The van der Waals surface area contributed by atoms with Crippen LogP contribution < -0.4 is 10.5 Å². The predicted octanol–water partition coefficient (Wildman–Crippen LogP) is 3.88. The van der Waals surface area contributed by atoms with Crippen LogP contribution in [0.25, 0.3) is 10.4 Å². The smallest absolute Gasteiger partial charge is 0.255 e. The van der Waals surface area contributed by atoms with Crippen LogP contribution in [0.4, 0.5) is 5.13 Å². The van der Waals surface area contributed by atoms with Gasteiger partial charge in [0.05, 0.1) is 16.1 Å². The van der Waals surface area contributed by atoms with Crippen molar-refractivity contribution in [3.63, 3.8) is 0 Å². The van der Waals surface area contributed by atoms with Crippen LogP contribution in [0, 0.1) is 12.8 Å². The van der Waals surface area contributed by atoms with Crippen LogP contribution in [0.2, 0.25) is 0 Å². The SMILES string of the molecule is CNc1nc(C)c(-c2cc3c(c(SN)c2)C(=O)N(C(C)C2CC2)C3)s1. The molecule has 2 aliphatic rings. The third kappa shape index (κ3) is 2.84. The van der Waals surface area contributed by atoms with Crippen molar-refractivity contribution in [3.8, 4) is 10.4 Å². The van der Waals surface area contributed by atoms with Crippen LogP contribution in [0.15, 0.2) is 17.0 Å². The molecular weight excluding hydrogens is 352 g/mol. The molecule has 2 heterocycles. The van der Waals surface area contributed by atoms with Gasteiger partial charge in [0.2, 0.25) is 0 Å². The highest BCUT2D eigenvalue weighted by atomic mass is 32.2. The lowest BCUT2D eigenvalue weighted by Gasteiger charge is -2.24. The Labute approximate surface area is 156 Å². The van der Waals surface area contributed by atoms with Gasteiger partial charge in [-0.3, -0.25) is 9.93 Å². The molecule has 1 fully saturated rings. The van der Waals surface area contributed by atoms with E-state index in [0.717, 1.165) is 49.2 Å². The zero-order chi connectivity index (χ0) is 17.7. The number of benzene rings is 1. The van der Waals surface area contributed by atoms with Gasteiger partial charge in [0.15, 0.2) is 5.13 Å². The first-order valence-electron chi connectivity index (χ1n) is 8.53. The van der Waals surface area contributed by atoms with E-state index in [4.69, 9.17) is 5.14 Å². The Kier molecular flexibility index (Phi) is 4.25. The maximum atomic E-state index is 13.0. The van der Waals surface area contributed by atoms with Crippen molar-refractivity contribution in [3.05, 3.63) is 29.0 Å². The number of anilines is 1. The summed E-state index contributed by atoms with van der Waals surface area (Å²) in [6, 6.07) is 4.49. The van der Waals surface area contributed by atoms with E-state index in [1.807, 2.05) is 24.9 Å². The monoisotopic (exact) mass is 374 g/mol. The Morgan fingerprint density at radius 1 is 1.44 bits per heavy atom. The van der Waals surface area contributed by atoms with Gasteiger partial charge >= 0.3 is 0 Å². The second-order valence-corrected chi connectivity index (χ2v) is 8.50. The largest absolute Gasteiger partial charge is 0.365 e. The highest BCUT2D eigenvalue weighted by Crippen LogP contribution is 2.42. The Bertz CT molecular complexity index is 844. The van der Waals surface area contributed by atoms with Gasteiger partial charge in [-0.25, -0.2) is 4.98 Å². The summed E-state index contributed by atoms with van der Waals surface area (Å²) in [5, 5.41) is 9.92. The standard InChI is InChI=1S/C18H22N4OS2/c1-9-16(24-18(20-3)21-9)12-6-13-8-22(10(2)11-4-5-11)17(23)15(13)14(7-12)25-19/h6-7,10-11H,4-5,8,19H2,1-3H3,(H,20,21). The van der Waals surface area contributed by atoms with Crippen molar-refractivity contribution >= 4 is 34.3 Å². The van der Waals surface area contributed by atoms with Crippen molar-refractivity contribution in [2.75, 3.05) is 12.4 Å². The average Bonchev–Trinajstić information content (AvgIpc) is 3.32. The fourth-order valence-electron chi connectivity index (χ4n) is 3.60. The van der Waals surface area contributed by atoms with Gasteiger partial charge in [-0.15, -0.1) is 0 Å². The van der Waals surface area contributed by atoms with E-state index in [-0.39, 0.29) is 5.91 Å². The van der Waals surface area contributed by atoms with E-state index >= 15 is 0 Å². The number of rotatable bonds is 5. The molecule has 132 valence electrons. The lowest BCUT2D eigenvalue weighted by molar-refractivity contribution is 0.0695. The van der Waals surface area contributed by atoms with Crippen LogP contribution in [0.1, 0.15) is 41.4 Å². The number of thiazole rings is 1. The molecule has 0 saturated heterocycles. The van der Waals surface area contributed by atoms with Crippen LogP contribution in [0.3, 0.4) is 0 Å². The summed E-state index contributed by atoms with van der Waals surface area (Å²) >= 11 is 2.79. The van der Waals surface area contributed by atoms with E-state index in [1.165, 1.54) is 12.8 Å². The molecular formula is C18H22N4OS2. The summed E-state index contributed by atoms with van der Waals surface area (Å²) in [5.41, 5.74) is 3.97. The molecule has 3 N–H and O–H groups in total. The van der Waals surface area contributed by atoms with Gasteiger partial charge in [0.1, 0.15) is 0 Å². The summed E-state index contributed by atoms with van der Waals surface area (Å²) in [6.07, 6.45) is 2.47. The minimum atomic E-state index is 0.130. The Morgan fingerprint density at radius 2 is 2.20 bits per heavy atom. The number of hydrogen-bond acceptors (Lipinski definition) is 6. The van der Waals surface area contributed by atoms with Gasteiger partial charge in [0.25, 0.3) is 5.91 Å². The fraction of sp³-hybridized carbons (Fsp3) is 0.444. The third-order valence-corrected chi connectivity index (χ3v) is 6.99. The molecule has 0 spiro atoms. The summed E-state index contributed by atoms with van der Waals surface area (Å²) in [7, 11) is 1.88. The van der Waals surface area contributed by atoms with Crippen LogP contribution >= 0.6 is 23.3 Å². The Morgan fingerprint density at radius 3 is 2.80 bits per heavy atom. The fourth-order valence-corrected chi connectivity index (χ4v) is 5.04. The normalized spacial score (nSPS) is 17.8. The zero-order valence-corrected chi connectivity index (χ0v) is 16.3. The molecule has 25 heavy (non-hydrogen) atoms. The molecule has 1 unspecified atom stereocenters. The minimum Gasteiger partial charge on any atom is -0.365 e. The van der Waals surface area contributed by atoms with Crippen molar-refractivity contribution in [2.45, 2.75) is 44.2 Å². The average molecular weight is 375 g/mol. The third-order valence-electron chi connectivity index (χ3n) is 5.19. The summed E-state index contributed by atoms with van der Waals surface area (Å²) < 4.78 is 0. The van der Waals surface area contributed by atoms with E-state index in [1.54, 1.807) is 11.3 Å². The zero-order valence-electron chi connectivity index (χ0n) is 14.6. The molecule has 1 aromatic carbocycles. The van der Waals surface area contributed by atoms with Gasteiger partial charge in [-0.1, -0.05) is 11.3 Å². The number of nitrogens with one attached hydrogen (secondary N) is 1. The first-order valence-corrected chi connectivity index (χ1v) is 10.2. The molecule has 1 amide bonds. The highest BCUT2D eigenvalue weighted by molar-refractivity contribution is 7.97. The maximum Gasteiger partial charge on any atom is 0.255 e. The quantitative estimate of drug-likeness (QED) is 0.777. The second-order valence-electron chi connectivity index (χ2n) is 6.82. The molecule has 1 aromatic heterocycles. The summed E-state index contributed by atoms with van der Waals surface area (Å²) in [4.78, 5) is 21.5. The van der Waals surface area contributed by atoms with Crippen LogP contribution in [0.5, 0.6) is 0 Å². The molecule has 4 rings (SSSR count). The topological polar surface area (TPSA) is 71.2 Å². The Balaban J connectivity index is 1.76. The molecule has 1 atom stereocenters. The van der Waals surface area contributed by atoms with E-state index in [2.05, 4.69) is 23.3 Å². The molecule has 1 aliphatic heterocycles. The first-order chi connectivity index (χ1) is 12.0. The van der Waals surface area contributed by atoms with Gasteiger partial charge in [-0.05, 0) is 67.8 Å². The first kappa shape index (κ1) is 16.9. The molecule has 0 radical (unpaired) electrons.